The Morgan fingerprint density at radius 3 is 2.40 bits per heavy atom. The normalized spacial score (nSPS) is 12.9. The Balaban J connectivity index is 2.72. The molecule has 0 saturated heterocycles. The second-order valence-corrected chi connectivity index (χ2v) is 6.65. The Labute approximate surface area is 122 Å². The summed E-state index contributed by atoms with van der Waals surface area (Å²) in [5, 5.41) is 2.97. The second-order valence-electron chi connectivity index (χ2n) is 6.65. The number of amides is 1. The van der Waals surface area contributed by atoms with Crippen LogP contribution in [0.25, 0.3) is 0 Å². The van der Waals surface area contributed by atoms with E-state index >= 15 is 0 Å². The lowest BCUT2D eigenvalue weighted by atomic mass is 9.82. The molecule has 112 valence electrons. The van der Waals surface area contributed by atoms with Crippen molar-refractivity contribution >= 4 is 17.3 Å². The van der Waals surface area contributed by atoms with E-state index in [2.05, 4.69) is 33.0 Å². The van der Waals surface area contributed by atoms with Crippen LogP contribution in [0.2, 0.25) is 0 Å². The van der Waals surface area contributed by atoms with Gasteiger partial charge in [0.15, 0.2) is 0 Å². The first-order valence-corrected chi connectivity index (χ1v) is 6.98. The van der Waals surface area contributed by atoms with Crippen LogP contribution < -0.4 is 16.0 Å². The molecule has 0 radical (unpaired) electrons. The van der Waals surface area contributed by atoms with E-state index < -0.39 is 0 Å². The number of rotatable bonds is 4. The lowest BCUT2D eigenvalue weighted by molar-refractivity contribution is 0.0937. The summed E-state index contributed by atoms with van der Waals surface area (Å²) in [5.74, 6) is 0.336. The summed E-state index contributed by atoms with van der Waals surface area (Å²) in [6.45, 7) is 9.33. The molecular formula is C16H27N3O. The van der Waals surface area contributed by atoms with Crippen molar-refractivity contribution in [3.8, 4) is 0 Å². The Morgan fingerprint density at radius 2 is 1.95 bits per heavy atom. The maximum atomic E-state index is 12.1. The molecule has 0 aliphatic rings. The minimum absolute atomic E-state index is 0.0712. The largest absolute Gasteiger partial charge is 0.397 e. The molecule has 0 bridgehead atoms. The standard InChI is InChI=1S/C16H27N3O/c1-11(16(2,3)4)10-18-15(20)12-7-8-14(19(5)6)13(17)9-12/h7-9,11H,10,17H2,1-6H3,(H,18,20). The third-order valence-corrected chi connectivity index (χ3v) is 3.82. The number of nitrogens with two attached hydrogens (primary N) is 1. The Kier molecular flexibility index (Phi) is 5.03. The molecule has 0 aromatic heterocycles. The predicted molar refractivity (Wildman–Crippen MR) is 86.1 cm³/mol. The van der Waals surface area contributed by atoms with Crippen LogP contribution in [0.15, 0.2) is 18.2 Å². The van der Waals surface area contributed by atoms with E-state index in [0.717, 1.165) is 5.69 Å². The van der Waals surface area contributed by atoms with Crippen molar-refractivity contribution in [1.82, 2.24) is 5.32 Å². The van der Waals surface area contributed by atoms with Crippen molar-refractivity contribution < 1.29 is 4.79 Å². The van der Waals surface area contributed by atoms with Gasteiger partial charge >= 0.3 is 0 Å². The van der Waals surface area contributed by atoms with Gasteiger partial charge in [0, 0.05) is 26.2 Å². The fourth-order valence-electron chi connectivity index (χ4n) is 1.76. The van der Waals surface area contributed by atoms with Crippen molar-refractivity contribution in [3.63, 3.8) is 0 Å². The number of anilines is 2. The van der Waals surface area contributed by atoms with Crippen molar-refractivity contribution in [3.05, 3.63) is 23.8 Å². The van der Waals surface area contributed by atoms with Gasteiger partial charge in [-0.25, -0.2) is 0 Å². The maximum absolute atomic E-state index is 12.1. The quantitative estimate of drug-likeness (QED) is 0.832. The van der Waals surface area contributed by atoms with Crippen molar-refractivity contribution in [2.75, 3.05) is 31.3 Å². The van der Waals surface area contributed by atoms with Gasteiger partial charge in [0.2, 0.25) is 0 Å². The predicted octanol–water partition coefficient (Wildman–Crippen LogP) is 2.75. The summed E-state index contributed by atoms with van der Waals surface area (Å²) in [5.41, 5.74) is 8.29. The molecule has 1 aromatic rings. The van der Waals surface area contributed by atoms with Crippen LogP contribution >= 0.6 is 0 Å². The Morgan fingerprint density at radius 1 is 1.35 bits per heavy atom. The highest BCUT2D eigenvalue weighted by Gasteiger charge is 2.20. The van der Waals surface area contributed by atoms with Crippen LogP contribution in [0.4, 0.5) is 11.4 Å². The van der Waals surface area contributed by atoms with Gasteiger partial charge < -0.3 is 16.0 Å². The van der Waals surface area contributed by atoms with Crippen molar-refractivity contribution in [1.29, 1.82) is 0 Å². The van der Waals surface area contributed by atoms with E-state index in [4.69, 9.17) is 5.73 Å². The van der Waals surface area contributed by atoms with Crippen LogP contribution in [-0.4, -0.2) is 26.5 Å². The monoisotopic (exact) mass is 277 g/mol. The molecule has 0 spiro atoms. The summed E-state index contributed by atoms with van der Waals surface area (Å²) in [4.78, 5) is 14.1. The molecule has 1 aromatic carbocycles. The van der Waals surface area contributed by atoms with Crippen LogP contribution in [0.3, 0.4) is 0 Å². The van der Waals surface area contributed by atoms with E-state index in [1.54, 1.807) is 6.07 Å². The average Bonchev–Trinajstić information content (AvgIpc) is 2.33. The zero-order chi connectivity index (χ0) is 15.5. The minimum atomic E-state index is -0.0712. The molecule has 20 heavy (non-hydrogen) atoms. The third kappa shape index (κ3) is 4.15. The number of nitrogens with one attached hydrogen (secondary N) is 1. The fraction of sp³-hybridized carbons (Fsp3) is 0.562. The summed E-state index contributed by atoms with van der Waals surface area (Å²) >= 11 is 0. The van der Waals surface area contributed by atoms with Crippen LogP contribution in [0.5, 0.6) is 0 Å². The van der Waals surface area contributed by atoms with Crippen molar-refractivity contribution in [2.24, 2.45) is 11.3 Å². The van der Waals surface area contributed by atoms with Gasteiger partial charge in [-0.2, -0.15) is 0 Å². The first-order chi connectivity index (χ1) is 9.12. The van der Waals surface area contributed by atoms with Gasteiger partial charge in [-0.3, -0.25) is 4.79 Å². The Bertz CT molecular complexity index is 475. The number of carbonyl (C=O) groups excluding carboxylic acids is 1. The van der Waals surface area contributed by atoms with Crippen LogP contribution in [0, 0.1) is 11.3 Å². The number of benzene rings is 1. The molecule has 0 aliphatic heterocycles. The van der Waals surface area contributed by atoms with Gasteiger partial charge in [0.1, 0.15) is 0 Å². The molecule has 4 nitrogen and oxygen atoms in total. The summed E-state index contributed by atoms with van der Waals surface area (Å²) in [6.07, 6.45) is 0. The highest BCUT2D eigenvalue weighted by Crippen LogP contribution is 2.25. The number of carbonyl (C=O) groups is 1. The summed E-state index contributed by atoms with van der Waals surface area (Å²) in [6, 6.07) is 5.41. The lowest BCUT2D eigenvalue weighted by Crippen LogP contribution is -2.33. The lowest BCUT2D eigenvalue weighted by Gasteiger charge is -2.27. The molecule has 4 heteroatoms. The Hall–Kier alpha value is -1.71. The highest BCUT2D eigenvalue weighted by atomic mass is 16.1. The molecule has 0 heterocycles. The van der Waals surface area contributed by atoms with Crippen LogP contribution in [0.1, 0.15) is 38.1 Å². The SMILES string of the molecule is CC(CNC(=O)c1ccc(N(C)C)c(N)c1)C(C)(C)C. The number of hydrogen-bond donors (Lipinski definition) is 2. The second kappa shape index (κ2) is 6.16. The van der Waals surface area contributed by atoms with Crippen molar-refractivity contribution in [2.45, 2.75) is 27.7 Å². The highest BCUT2D eigenvalue weighted by molar-refractivity contribution is 5.96. The first kappa shape index (κ1) is 16.3. The third-order valence-electron chi connectivity index (χ3n) is 3.82. The van der Waals surface area contributed by atoms with E-state index in [1.807, 2.05) is 31.1 Å². The van der Waals surface area contributed by atoms with E-state index in [-0.39, 0.29) is 11.3 Å². The molecule has 1 atom stereocenters. The molecule has 1 amide bonds. The van der Waals surface area contributed by atoms with Gasteiger partial charge in [0.25, 0.3) is 5.91 Å². The molecular weight excluding hydrogens is 250 g/mol. The molecule has 1 rings (SSSR count). The average molecular weight is 277 g/mol. The van der Waals surface area contributed by atoms with Gasteiger partial charge in [-0.15, -0.1) is 0 Å². The summed E-state index contributed by atoms with van der Waals surface area (Å²) in [7, 11) is 3.85. The number of nitrogen functional groups attached to an aromatic ring is 1. The molecule has 0 saturated carbocycles. The molecule has 3 N–H and O–H groups in total. The smallest absolute Gasteiger partial charge is 0.251 e. The molecule has 0 fully saturated rings. The fourth-order valence-corrected chi connectivity index (χ4v) is 1.76. The van der Waals surface area contributed by atoms with E-state index in [0.29, 0.717) is 23.7 Å². The van der Waals surface area contributed by atoms with E-state index in [1.165, 1.54) is 0 Å². The van der Waals surface area contributed by atoms with Gasteiger partial charge in [-0.05, 0) is 29.5 Å². The summed E-state index contributed by atoms with van der Waals surface area (Å²) < 4.78 is 0. The molecule has 1 unspecified atom stereocenters. The number of hydrogen-bond acceptors (Lipinski definition) is 3. The van der Waals surface area contributed by atoms with E-state index in [9.17, 15) is 4.79 Å². The van der Waals surface area contributed by atoms with Gasteiger partial charge in [-0.1, -0.05) is 27.7 Å². The zero-order valence-corrected chi connectivity index (χ0v) is 13.4. The van der Waals surface area contributed by atoms with Crippen LogP contribution in [-0.2, 0) is 0 Å². The molecule has 0 aliphatic carbocycles. The minimum Gasteiger partial charge on any atom is -0.397 e. The maximum Gasteiger partial charge on any atom is 0.251 e. The topological polar surface area (TPSA) is 58.4 Å². The number of nitrogens with zero attached hydrogens (tertiary/aromatic N) is 1. The van der Waals surface area contributed by atoms with Gasteiger partial charge in [0.05, 0.1) is 11.4 Å². The first-order valence-electron chi connectivity index (χ1n) is 6.98. The zero-order valence-electron chi connectivity index (χ0n) is 13.4.